The number of amides is 1. The van der Waals surface area contributed by atoms with Gasteiger partial charge >= 0.3 is 5.91 Å². The molecule has 0 radical (unpaired) electrons. The molecule has 0 unspecified atom stereocenters. The highest BCUT2D eigenvalue weighted by Crippen LogP contribution is 2.45. The first kappa shape index (κ1) is 25.6. The molecule has 10 heteroatoms. The zero-order valence-electron chi connectivity index (χ0n) is 18.9. The van der Waals surface area contributed by atoms with Gasteiger partial charge in [-0.05, 0) is 56.7 Å². The van der Waals surface area contributed by atoms with Crippen LogP contribution < -0.4 is 4.90 Å². The number of carbonyl (C=O) groups excluding carboxylic acids is 1. The highest BCUT2D eigenvalue weighted by atomic mass is 32.2. The van der Waals surface area contributed by atoms with Gasteiger partial charge in [-0.2, -0.15) is 0 Å². The van der Waals surface area contributed by atoms with Gasteiger partial charge in [-0.25, -0.2) is 13.2 Å². The average Bonchev–Trinajstić information content (AvgIpc) is 3.28. The van der Waals surface area contributed by atoms with Gasteiger partial charge in [0.05, 0.1) is 4.90 Å². The molecule has 0 fully saturated rings. The zero-order chi connectivity index (χ0) is 24.3. The highest BCUT2D eigenvalue weighted by molar-refractivity contribution is 8.40. The second-order valence-electron chi connectivity index (χ2n) is 7.39. The number of rotatable bonds is 2. The van der Waals surface area contributed by atoms with Crippen molar-refractivity contribution in [3.05, 3.63) is 80.7 Å². The van der Waals surface area contributed by atoms with Crippen LogP contribution in [0, 0.1) is 13.8 Å². The Bertz CT molecular complexity index is 1260. The first-order valence-electron chi connectivity index (χ1n) is 9.87. The van der Waals surface area contributed by atoms with Gasteiger partial charge < -0.3 is 9.45 Å². The Balaban J connectivity index is 0.000000235. The minimum Gasteiger partial charge on any atom is -0.744 e. The van der Waals surface area contributed by atoms with Crippen LogP contribution in [0.1, 0.15) is 18.1 Å². The van der Waals surface area contributed by atoms with E-state index in [9.17, 15) is 17.8 Å². The van der Waals surface area contributed by atoms with Gasteiger partial charge in [-0.3, -0.25) is 0 Å². The fraction of sp³-hybridized carbons (Fsp3) is 0.217. The molecule has 4 rings (SSSR count). The van der Waals surface area contributed by atoms with E-state index in [0.717, 1.165) is 31.3 Å². The quantitative estimate of drug-likeness (QED) is 0.307. The van der Waals surface area contributed by atoms with Crippen LogP contribution in [-0.4, -0.2) is 41.1 Å². The van der Waals surface area contributed by atoms with Gasteiger partial charge in [0, 0.05) is 23.1 Å². The fourth-order valence-corrected chi connectivity index (χ4v) is 6.44. The molecule has 2 aromatic carbocycles. The number of carbonyl (C=O) groups is 1. The maximum Gasteiger partial charge on any atom is 0.430 e. The summed E-state index contributed by atoms with van der Waals surface area (Å²) in [5.41, 5.74) is 4.40. The molecule has 2 aliphatic rings. The summed E-state index contributed by atoms with van der Waals surface area (Å²) in [6, 6.07) is 14.2. The van der Waals surface area contributed by atoms with Crippen LogP contribution in [0.15, 0.2) is 74.5 Å². The molecule has 0 bridgehead atoms. The smallest absolute Gasteiger partial charge is 0.430 e. The van der Waals surface area contributed by atoms with E-state index in [1.807, 2.05) is 20.2 Å². The van der Waals surface area contributed by atoms with E-state index in [-0.39, 0.29) is 10.8 Å². The van der Waals surface area contributed by atoms with E-state index < -0.39 is 10.1 Å². The van der Waals surface area contributed by atoms with Crippen molar-refractivity contribution >= 4 is 61.4 Å². The molecular formula is C23H24N2O4S4. The summed E-state index contributed by atoms with van der Waals surface area (Å²) >= 11 is 4.81. The third-order valence-electron chi connectivity index (χ3n) is 4.83. The van der Waals surface area contributed by atoms with E-state index in [1.54, 1.807) is 52.0 Å². The van der Waals surface area contributed by atoms with Crippen molar-refractivity contribution in [2.75, 3.05) is 18.2 Å². The molecule has 174 valence electrons. The zero-order valence-corrected chi connectivity index (χ0v) is 22.1. The summed E-state index contributed by atoms with van der Waals surface area (Å²) in [5.74, 6) is 0.0806. The lowest BCUT2D eigenvalue weighted by Gasteiger charge is -2.22. The molecule has 1 amide bonds. The Hall–Kier alpha value is -1.98. The summed E-state index contributed by atoms with van der Waals surface area (Å²) in [6.45, 7) is 5.98. The molecule has 0 atom stereocenters. The number of nitrogens with zero attached hydrogens (tertiary/aromatic N) is 2. The highest BCUT2D eigenvalue weighted by Gasteiger charge is 2.40. The topological polar surface area (TPSA) is 80.5 Å². The standard InChI is InChI=1S/C16H17N2OS3.C7H8O3S/c1-10-5-7-12(8-6-10)18-11(2)9-21-15(18)13-14(19)17(3)16(20-4)22-13;1-6-2-4-7(5-3-6)11(8,9)10/h5-9H,1-4H3;2-5H,1H3,(H,8,9,10)/q+1;/p-1/b15-13+;. The average molecular weight is 521 g/mol. The maximum absolute atomic E-state index is 12.5. The Morgan fingerprint density at radius 2 is 1.52 bits per heavy atom. The number of hydrogen-bond donors (Lipinski definition) is 0. The number of thioether (sulfide) groups is 3. The number of likely N-dealkylation sites (N-methyl/N-ethyl adjacent to an activating group) is 1. The number of hydrogen-bond acceptors (Lipinski definition) is 8. The van der Waals surface area contributed by atoms with E-state index in [2.05, 4.69) is 48.4 Å². The lowest BCUT2D eigenvalue weighted by atomic mass is 10.2. The Kier molecular flexibility index (Phi) is 8.17. The van der Waals surface area contributed by atoms with Crippen LogP contribution >= 0.6 is 35.3 Å². The molecule has 2 heterocycles. The molecule has 0 saturated heterocycles. The normalized spacial score (nSPS) is 18.4. The second kappa shape index (κ2) is 10.5. The minimum atomic E-state index is -4.27. The van der Waals surface area contributed by atoms with Crippen LogP contribution in [0.3, 0.4) is 0 Å². The molecule has 2 aliphatic heterocycles. The van der Waals surface area contributed by atoms with Crippen LogP contribution in [0.25, 0.3) is 0 Å². The van der Waals surface area contributed by atoms with E-state index in [1.165, 1.54) is 17.7 Å². The predicted molar refractivity (Wildman–Crippen MR) is 138 cm³/mol. The molecule has 0 aliphatic carbocycles. The van der Waals surface area contributed by atoms with E-state index >= 15 is 0 Å². The molecular weight excluding hydrogens is 497 g/mol. The Morgan fingerprint density at radius 3 is 2.00 bits per heavy atom. The van der Waals surface area contributed by atoms with Crippen molar-refractivity contribution in [2.45, 2.75) is 25.7 Å². The number of anilines is 1. The lowest BCUT2D eigenvalue weighted by molar-refractivity contribution is -0.406. The van der Waals surface area contributed by atoms with Crippen molar-refractivity contribution in [1.29, 1.82) is 0 Å². The third kappa shape index (κ3) is 5.93. The molecule has 6 nitrogen and oxygen atoms in total. The van der Waals surface area contributed by atoms with Gasteiger partial charge in [0.15, 0.2) is 4.91 Å². The summed E-state index contributed by atoms with van der Waals surface area (Å²) < 4.78 is 33.9. The van der Waals surface area contributed by atoms with Crippen LogP contribution in [-0.2, 0) is 14.9 Å². The minimum absolute atomic E-state index is 0.0806. The number of allylic oxidation sites excluding steroid dienone is 1. The molecule has 0 aromatic heterocycles. The van der Waals surface area contributed by atoms with Crippen molar-refractivity contribution in [2.24, 2.45) is 0 Å². The molecule has 0 saturated carbocycles. The number of benzene rings is 2. The summed E-state index contributed by atoms with van der Waals surface area (Å²) in [7, 11) is -2.43. The van der Waals surface area contributed by atoms with Crippen molar-refractivity contribution < 1.29 is 22.3 Å². The summed E-state index contributed by atoms with van der Waals surface area (Å²) in [6.07, 6.45) is 2.00. The fourth-order valence-electron chi connectivity index (χ4n) is 3.03. The SMILES string of the molecule is CSC1=[N+](C)C(=O)/C(=C2\SC=C(C)N2c2ccc(C)cc2)S1.Cc1ccc(S(=O)(=O)[O-])cc1. The molecule has 0 N–H and O–H groups in total. The maximum atomic E-state index is 12.5. The van der Waals surface area contributed by atoms with Gasteiger partial charge in [0.1, 0.15) is 22.2 Å². The van der Waals surface area contributed by atoms with Crippen LogP contribution in [0.5, 0.6) is 0 Å². The van der Waals surface area contributed by atoms with E-state index in [0.29, 0.717) is 0 Å². The first-order chi connectivity index (χ1) is 15.5. The van der Waals surface area contributed by atoms with Crippen LogP contribution in [0.4, 0.5) is 5.69 Å². The van der Waals surface area contributed by atoms with Crippen LogP contribution in [0.2, 0.25) is 0 Å². The van der Waals surface area contributed by atoms with Crippen molar-refractivity contribution in [3.8, 4) is 0 Å². The van der Waals surface area contributed by atoms with Gasteiger partial charge in [-0.1, -0.05) is 58.9 Å². The summed E-state index contributed by atoms with van der Waals surface area (Å²) in [4.78, 5) is 15.4. The monoisotopic (exact) mass is 520 g/mol. The molecule has 0 spiro atoms. The summed E-state index contributed by atoms with van der Waals surface area (Å²) in [5, 5.41) is 3.11. The van der Waals surface area contributed by atoms with Gasteiger partial charge in [0.25, 0.3) is 4.38 Å². The third-order valence-corrected chi connectivity index (χ3v) is 9.27. The second-order valence-corrected chi connectivity index (χ2v) is 11.7. The first-order valence-corrected chi connectivity index (χ1v) is 14.2. The predicted octanol–water partition coefficient (Wildman–Crippen LogP) is 5.11. The van der Waals surface area contributed by atoms with Crippen molar-refractivity contribution in [1.82, 2.24) is 0 Å². The molecule has 2 aromatic rings. The Labute approximate surface area is 207 Å². The van der Waals surface area contributed by atoms with Gasteiger partial charge in [0.2, 0.25) is 0 Å². The van der Waals surface area contributed by atoms with Gasteiger partial charge in [-0.15, -0.1) is 4.58 Å². The Morgan fingerprint density at radius 1 is 0.970 bits per heavy atom. The van der Waals surface area contributed by atoms with E-state index in [4.69, 9.17) is 0 Å². The largest absolute Gasteiger partial charge is 0.744 e. The number of aryl methyl sites for hydroxylation is 2. The molecule has 33 heavy (non-hydrogen) atoms. The van der Waals surface area contributed by atoms with Crippen molar-refractivity contribution in [3.63, 3.8) is 0 Å². The lowest BCUT2D eigenvalue weighted by Crippen LogP contribution is -2.19.